The molecule has 0 spiro atoms. The van der Waals surface area contributed by atoms with Gasteiger partial charge in [0.15, 0.2) is 0 Å². The quantitative estimate of drug-likeness (QED) is 0.837. The average Bonchev–Trinajstić information content (AvgIpc) is 2.88. The maximum Gasteiger partial charge on any atom is 0.375 e. The van der Waals surface area contributed by atoms with Crippen LogP contribution < -0.4 is 0 Å². The van der Waals surface area contributed by atoms with Crippen LogP contribution in [0.1, 0.15) is 35.2 Å². The van der Waals surface area contributed by atoms with Gasteiger partial charge in [-0.25, -0.2) is 14.5 Å². The van der Waals surface area contributed by atoms with Gasteiger partial charge < -0.3 is 5.11 Å². The molecule has 7 heteroatoms. The van der Waals surface area contributed by atoms with E-state index in [9.17, 15) is 4.79 Å². The van der Waals surface area contributed by atoms with E-state index >= 15 is 0 Å². The Morgan fingerprint density at radius 1 is 1.53 bits per heavy atom. The first kappa shape index (κ1) is 10.0. The molecule has 0 amide bonds. The normalized spacial score (nSPS) is 15.1. The van der Waals surface area contributed by atoms with Crippen molar-refractivity contribution in [2.75, 3.05) is 0 Å². The highest BCUT2D eigenvalue weighted by Crippen LogP contribution is 2.39. The van der Waals surface area contributed by atoms with Crippen molar-refractivity contribution in [1.29, 1.82) is 0 Å². The molecule has 0 bridgehead atoms. The zero-order chi connectivity index (χ0) is 12.0. The van der Waals surface area contributed by atoms with E-state index in [-0.39, 0.29) is 5.82 Å². The molecule has 2 aromatic heterocycles. The number of carbonyl (C=O) groups is 1. The second kappa shape index (κ2) is 3.41. The van der Waals surface area contributed by atoms with E-state index < -0.39 is 5.97 Å². The molecule has 0 radical (unpaired) electrons. The predicted octanol–water partition coefficient (Wildman–Crippen LogP) is 0.576. The molecule has 0 unspecified atom stereocenters. The molecule has 0 saturated heterocycles. The summed E-state index contributed by atoms with van der Waals surface area (Å²) < 4.78 is 3.22. The first-order valence-corrected chi connectivity index (χ1v) is 5.34. The molecule has 2 heterocycles. The lowest BCUT2D eigenvalue weighted by atomic mass is 10.4. The van der Waals surface area contributed by atoms with Crippen LogP contribution in [-0.4, -0.2) is 35.6 Å². The highest BCUT2D eigenvalue weighted by molar-refractivity contribution is 5.83. The molecule has 7 nitrogen and oxygen atoms in total. The van der Waals surface area contributed by atoms with E-state index in [1.165, 1.54) is 0 Å². The minimum atomic E-state index is -1.10. The molecule has 0 aliphatic heterocycles. The summed E-state index contributed by atoms with van der Waals surface area (Å²) in [5.74, 6) is -0.212. The van der Waals surface area contributed by atoms with Crippen molar-refractivity contribution in [3.8, 4) is 5.69 Å². The smallest absolute Gasteiger partial charge is 0.375 e. The Bertz CT molecular complexity index is 581. The Balaban J connectivity index is 2.10. The van der Waals surface area contributed by atoms with E-state index in [1.807, 2.05) is 0 Å². The molecule has 17 heavy (non-hydrogen) atoms. The summed E-state index contributed by atoms with van der Waals surface area (Å²) >= 11 is 0. The lowest BCUT2D eigenvalue weighted by molar-refractivity contribution is 0.0683. The number of rotatable bonds is 3. The largest absolute Gasteiger partial charge is 0.475 e. The fourth-order valence-electron chi connectivity index (χ4n) is 1.73. The van der Waals surface area contributed by atoms with Crippen LogP contribution in [0.15, 0.2) is 12.4 Å². The van der Waals surface area contributed by atoms with E-state index in [0.717, 1.165) is 24.4 Å². The second-order valence-corrected chi connectivity index (χ2v) is 4.16. The summed E-state index contributed by atoms with van der Waals surface area (Å²) in [5.41, 5.74) is 0.745. The van der Waals surface area contributed by atoms with E-state index in [4.69, 9.17) is 5.11 Å². The van der Waals surface area contributed by atoms with Gasteiger partial charge in [-0.1, -0.05) is 0 Å². The van der Waals surface area contributed by atoms with E-state index in [0.29, 0.717) is 5.92 Å². The predicted molar refractivity (Wildman–Crippen MR) is 57.1 cm³/mol. The maximum absolute atomic E-state index is 10.9. The fourth-order valence-corrected chi connectivity index (χ4v) is 1.73. The summed E-state index contributed by atoms with van der Waals surface area (Å²) in [6.07, 6.45) is 5.51. The Morgan fingerprint density at radius 3 is 2.82 bits per heavy atom. The summed E-state index contributed by atoms with van der Waals surface area (Å²) in [7, 11) is 1.80. The molecule has 88 valence electrons. The minimum Gasteiger partial charge on any atom is -0.475 e. The highest BCUT2D eigenvalue weighted by Gasteiger charge is 2.31. The van der Waals surface area contributed by atoms with Gasteiger partial charge in [0.1, 0.15) is 11.5 Å². The molecular weight excluding hydrogens is 222 g/mol. The molecule has 1 N–H and O–H groups in total. The van der Waals surface area contributed by atoms with Gasteiger partial charge in [0.05, 0.1) is 12.4 Å². The first-order chi connectivity index (χ1) is 8.15. The zero-order valence-corrected chi connectivity index (χ0v) is 9.24. The zero-order valence-electron chi connectivity index (χ0n) is 9.24. The molecule has 0 atom stereocenters. The van der Waals surface area contributed by atoms with Gasteiger partial charge in [-0.05, 0) is 12.8 Å². The topological polar surface area (TPSA) is 85.8 Å². The molecule has 1 saturated carbocycles. The van der Waals surface area contributed by atoms with Gasteiger partial charge in [0, 0.05) is 13.0 Å². The SMILES string of the molecule is Cn1cc(-n2nc(C(=O)O)nc2C2CC2)cn1. The molecule has 3 rings (SSSR count). The van der Waals surface area contributed by atoms with Crippen LogP contribution in [0, 0.1) is 0 Å². The third-order valence-electron chi connectivity index (χ3n) is 2.70. The molecule has 1 aliphatic rings. The van der Waals surface area contributed by atoms with Crippen LogP contribution in [-0.2, 0) is 7.05 Å². The van der Waals surface area contributed by atoms with Crippen LogP contribution >= 0.6 is 0 Å². The molecule has 1 aliphatic carbocycles. The van der Waals surface area contributed by atoms with Crippen molar-refractivity contribution in [3.63, 3.8) is 0 Å². The summed E-state index contributed by atoms with van der Waals surface area (Å²) in [4.78, 5) is 15.0. The van der Waals surface area contributed by atoms with E-state index in [1.54, 1.807) is 28.8 Å². The van der Waals surface area contributed by atoms with Crippen LogP contribution in [0.25, 0.3) is 5.69 Å². The Labute approximate surface area is 96.7 Å². The van der Waals surface area contributed by atoms with Gasteiger partial charge in [-0.2, -0.15) is 5.10 Å². The van der Waals surface area contributed by atoms with Crippen LogP contribution in [0.4, 0.5) is 0 Å². The van der Waals surface area contributed by atoms with Crippen LogP contribution in [0.3, 0.4) is 0 Å². The summed E-state index contributed by atoms with van der Waals surface area (Å²) in [6.45, 7) is 0. The first-order valence-electron chi connectivity index (χ1n) is 5.34. The van der Waals surface area contributed by atoms with Crippen LogP contribution in [0.2, 0.25) is 0 Å². The van der Waals surface area contributed by atoms with Crippen molar-refractivity contribution in [2.45, 2.75) is 18.8 Å². The third kappa shape index (κ3) is 1.69. The standard InChI is InChI=1S/C10H11N5O2/c1-14-5-7(4-11-14)15-9(6-2-3-6)12-8(13-15)10(16)17/h4-6H,2-3H2,1H3,(H,16,17). The van der Waals surface area contributed by atoms with Crippen molar-refractivity contribution in [3.05, 3.63) is 24.0 Å². The highest BCUT2D eigenvalue weighted by atomic mass is 16.4. The number of aryl methyl sites for hydroxylation is 1. The molecule has 1 fully saturated rings. The van der Waals surface area contributed by atoms with Crippen molar-refractivity contribution in [1.82, 2.24) is 24.5 Å². The van der Waals surface area contributed by atoms with Gasteiger partial charge >= 0.3 is 5.97 Å². The van der Waals surface area contributed by atoms with Gasteiger partial charge in [-0.3, -0.25) is 4.68 Å². The number of hydrogen-bond acceptors (Lipinski definition) is 4. The van der Waals surface area contributed by atoms with Crippen molar-refractivity contribution in [2.24, 2.45) is 7.05 Å². The number of aromatic carboxylic acids is 1. The molecular formula is C10H11N5O2. The molecule has 0 aromatic carbocycles. The number of aromatic nitrogens is 5. The van der Waals surface area contributed by atoms with E-state index in [2.05, 4.69) is 15.2 Å². The minimum absolute atomic E-state index is 0.157. The van der Waals surface area contributed by atoms with Gasteiger partial charge in [-0.15, -0.1) is 5.10 Å². The summed E-state index contributed by atoms with van der Waals surface area (Å²) in [5, 5.41) is 17.0. The Hall–Kier alpha value is -2.18. The van der Waals surface area contributed by atoms with Crippen molar-refractivity contribution >= 4 is 5.97 Å². The lowest BCUT2D eigenvalue weighted by Gasteiger charge is -1.99. The molecule has 2 aromatic rings. The van der Waals surface area contributed by atoms with Crippen molar-refractivity contribution < 1.29 is 9.90 Å². The number of carboxylic acids is 1. The Kier molecular flexibility index (Phi) is 2.01. The lowest BCUT2D eigenvalue weighted by Crippen LogP contribution is -2.02. The van der Waals surface area contributed by atoms with Crippen LogP contribution in [0.5, 0.6) is 0 Å². The maximum atomic E-state index is 10.9. The third-order valence-corrected chi connectivity index (χ3v) is 2.70. The van der Waals surface area contributed by atoms with Gasteiger partial charge in [0.25, 0.3) is 5.82 Å². The second-order valence-electron chi connectivity index (χ2n) is 4.16. The number of carboxylic acid groups (broad SMARTS) is 1. The monoisotopic (exact) mass is 233 g/mol. The average molecular weight is 233 g/mol. The number of hydrogen-bond donors (Lipinski definition) is 1. The van der Waals surface area contributed by atoms with Gasteiger partial charge in [0.2, 0.25) is 0 Å². The summed E-state index contributed by atoms with van der Waals surface area (Å²) in [6, 6.07) is 0. The Morgan fingerprint density at radius 2 is 2.29 bits per heavy atom. The number of nitrogens with zero attached hydrogens (tertiary/aromatic N) is 5. The fraction of sp³-hybridized carbons (Fsp3) is 0.400.